The number of hydrogen-bond donors (Lipinski definition) is 0. The summed E-state index contributed by atoms with van der Waals surface area (Å²) in [6, 6.07) is 4.93. The van der Waals surface area contributed by atoms with Crippen LogP contribution in [0.15, 0.2) is 24.3 Å². The van der Waals surface area contributed by atoms with Gasteiger partial charge in [0.2, 0.25) is 0 Å². The van der Waals surface area contributed by atoms with Crippen molar-refractivity contribution in [2.45, 2.75) is 31.5 Å². The Balaban J connectivity index is 1.33. The van der Waals surface area contributed by atoms with Crippen LogP contribution in [0.2, 0.25) is 0 Å². The molecular weight excluding hydrogens is 317 g/mol. The summed E-state index contributed by atoms with van der Waals surface area (Å²) in [4.78, 5) is 16.6. The molecule has 24 heavy (non-hydrogen) atoms. The topological polar surface area (TPSA) is 23.6 Å². The first-order valence-electron chi connectivity index (χ1n) is 8.62. The van der Waals surface area contributed by atoms with Crippen molar-refractivity contribution in [3.63, 3.8) is 0 Å². The molecule has 0 bridgehead atoms. The first kappa shape index (κ1) is 15.9. The van der Waals surface area contributed by atoms with Gasteiger partial charge in [0.25, 0.3) is 5.91 Å². The molecule has 1 aliphatic carbocycles. The summed E-state index contributed by atoms with van der Waals surface area (Å²) >= 11 is 0. The molecule has 0 spiro atoms. The zero-order chi connectivity index (χ0) is 16.9. The van der Waals surface area contributed by atoms with E-state index in [0.717, 1.165) is 37.1 Å². The van der Waals surface area contributed by atoms with Crippen LogP contribution in [0.1, 0.15) is 35.2 Å². The van der Waals surface area contributed by atoms with Crippen LogP contribution in [0.25, 0.3) is 0 Å². The third-order valence-electron chi connectivity index (χ3n) is 5.88. The van der Waals surface area contributed by atoms with E-state index in [1.165, 1.54) is 31.4 Å². The molecule has 0 aromatic heterocycles. The number of rotatable bonds is 2. The van der Waals surface area contributed by atoms with E-state index in [9.17, 15) is 18.0 Å². The smallest absolute Gasteiger partial charge is 0.335 e. The van der Waals surface area contributed by atoms with E-state index in [1.807, 2.05) is 0 Å². The van der Waals surface area contributed by atoms with E-state index in [2.05, 4.69) is 4.90 Å². The van der Waals surface area contributed by atoms with E-state index in [-0.39, 0.29) is 5.91 Å². The Bertz CT molecular complexity index is 610. The number of nitrogens with zero attached hydrogens (tertiary/aromatic N) is 2. The Hall–Kier alpha value is -1.56. The number of benzene rings is 1. The van der Waals surface area contributed by atoms with Crippen LogP contribution in [0.5, 0.6) is 0 Å². The van der Waals surface area contributed by atoms with Gasteiger partial charge in [0, 0.05) is 37.8 Å². The van der Waals surface area contributed by atoms with Crippen LogP contribution in [0, 0.1) is 11.8 Å². The molecule has 2 aliphatic heterocycles. The average Bonchev–Trinajstić information content (AvgIpc) is 3.06. The van der Waals surface area contributed by atoms with Gasteiger partial charge in [-0.2, -0.15) is 13.2 Å². The van der Waals surface area contributed by atoms with Crippen molar-refractivity contribution in [1.29, 1.82) is 0 Å². The zero-order valence-corrected chi connectivity index (χ0v) is 13.4. The Labute approximate surface area is 139 Å². The fourth-order valence-electron chi connectivity index (χ4n) is 4.41. The van der Waals surface area contributed by atoms with E-state index >= 15 is 0 Å². The van der Waals surface area contributed by atoms with Gasteiger partial charge in [-0.3, -0.25) is 9.69 Å². The lowest BCUT2D eigenvalue weighted by atomic mass is 10.0. The molecule has 3 fully saturated rings. The van der Waals surface area contributed by atoms with Gasteiger partial charge >= 0.3 is 6.18 Å². The van der Waals surface area contributed by atoms with Crippen molar-refractivity contribution in [2.24, 2.45) is 11.8 Å². The largest absolute Gasteiger partial charge is 0.416 e. The first-order valence-corrected chi connectivity index (χ1v) is 8.62. The van der Waals surface area contributed by atoms with Crippen molar-refractivity contribution >= 4 is 5.91 Å². The molecule has 0 radical (unpaired) electrons. The molecule has 4 rings (SSSR count). The maximum Gasteiger partial charge on any atom is 0.416 e. The lowest BCUT2D eigenvalue weighted by Gasteiger charge is -2.44. The van der Waals surface area contributed by atoms with Gasteiger partial charge in [-0.15, -0.1) is 0 Å². The molecule has 1 saturated carbocycles. The zero-order valence-electron chi connectivity index (χ0n) is 13.4. The highest BCUT2D eigenvalue weighted by Gasteiger charge is 2.43. The lowest BCUT2D eigenvalue weighted by molar-refractivity contribution is -0.137. The summed E-state index contributed by atoms with van der Waals surface area (Å²) in [5.41, 5.74) is -0.385. The van der Waals surface area contributed by atoms with E-state index < -0.39 is 11.7 Å². The van der Waals surface area contributed by atoms with Crippen molar-refractivity contribution in [3.05, 3.63) is 35.4 Å². The molecule has 1 aromatic carbocycles. The minimum atomic E-state index is -4.36. The molecule has 1 amide bonds. The minimum Gasteiger partial charge on any atom is -0.335 e. The quantitative estimate of drug-likeness (QED) is 0.826. The molecule has 130 valence electrons. The SMILES string of the molecule is O=C(c1ccc(C(F)(F)F)cc1)N1CC(N2CC3CCCC3C2)C1. The van der Waals surface area contributed by atoms with Crippen LogP contribution in [-0.2, 0) is 6.18 Å². The minimum absolute atomic E-state index is 0.167. The number of carbonyl (C=O) groups excluding carboxylic acids is 1. The predicted molar refractivity (Wildman–Crippen MR) is 83.5 cm³/mol. The molecular formula is C18H21F3N2O. The fraction of sp³-hybridized carbons (Fsp3) is 0.611. The second kappa shape index (κ2) is 5.76. The van der Waals surface area contributed by atoms with Gasteiger partial charge in [-0.25, -0.2) is 0 Å². The van der Waals surface area contributed by atoms with Crippen LogP contribution in [0.3, 0.4) is 0 Å². The van der Waals surface area contributed by atoms with Crippen LogP contribution < -0.4 is 0 Å². The Morgan fingerprint density at radius 1 is 0.958 bits per heavy atom. The maximum atomic E-state index is 12.6. The Morgan fingerprint density at radius 2 is 1.54 bits per heavy atom. The van der Waals surface area contributed by atoms with Crippen molar-refractivity contribution in [1.82, 2.24) is 9.80 Å². The van der Waals surface area contributed by atoms with Crippen LogP contribution in [-0.4, -0.2) is 47.9 Å². The van der Waals surface area contributed by atoms with Gasteiger partial charge in [0.1, 0.15) is 0 Å². The lowest BCUT2D eigenvalue weighted by Crippen LogP contribution is -2.60. The van der Waals surface area contributed by atoms with Crippen molar-refractivity contribution < 1.29 is 18.0 Å². The van der Waals surface area contributed by atoms with Gasteiger partial charge < -0.3 is 4.90 Å². The van der Waals surface area contributed by atoms with E-state index in [4.69, 9.17) is 0 Å². The molecule has 3 nitrogen and oxygen atoms in total. The molecule has 0 N–H and O–H groups in total. The van der Waals surface area contributed by atoms with Crippen LogP contribution >= 0.6 is 0 Å². The second-order valence-electron chi connectivity index (χ2n) is 7.34. The highest BCUT2D eigenvalue weighted by molar-refractivity contribution is 5.94. The molecule has 2 heterocycles. The van der Waals surface area contributed by atoms with Crippen LogP contribution in [0.4, 0.5) is 13.2 Å². The summed E-state index contributed by atoms with van der Waals surface area (Å²) in [7, 11) is 0. The number of hydrogen-bond acceptors (Lipinski definition) is 2. The summed E-state index contributed by atoms with van der Waals surface area (Å²) in [5.74, 6) is 1.51. The maximum absolute atomic E-state index is 12.6. The molecule has 2 atom stereocenters. The van der Waals surface area contributed by atoms with Gasteiger partial charge in [0.15, 0.2) is 0 Å². The third kappa shape index (κ3) is 2.81. The highest BCUT2D eigenvalue weighted by atomic mass is 19.4. The number of halogens is 3. The molecule has 3 aliphatic rings. The Kier molecular flexibility index (Phi) is 3.82. The highest BCUT2D eigenvalue weighted by Crippen LogP contribution is 2.39. The second-order valence-corrected chi connectivity index (χ2v) is 7.34. The third-order valence-corrected chi connectivity index (χ3v) is 5.88. The van der Waals surface area contributed by atoms with Gasteiger partial charge in [0.05, 0.1) is 5.56 Å². The first-order chi connectivity index (χ1) is 11.4. The molecule has 6 heteroatoms. The van der Waals surface area contributed by atoms with Crippen molar-refractivity contribution in [2.75, 3.05) is 26.2 Å². The summed E-state index contributed by atoms with van der Waals surface area (Å²) in [6.45, 7) is 3.69. The Morgan fingerprint density at radius 3 is 2.08 bits per heavy atom. The number of alkyl halides is 3. The predicted octanol–water partition coefficient (Wildman–Crippen LogP) is 3.26. The summed E-state index contributed by atoms with van der Waals surface area (Å²) in [5, 5.41) is 0. The fourth-order valence-corrected chi connectivity index (χ4v) is 4.41. The molecule has 2 saturated heterocycles. The number of likely N-dealkylation sites (tertiary alicyclic amines) is 2. The van der Waals surface area contributed by atoms with Gasteiger partial charge in [-0.05, 0) is 48.9 Å². The number of fused-ring (bicyclic) bond motifs is 1. The van der Waals surface area contributed by atoms with Gasteiger partial charge in [-0.1, -0.05) is 6.42 Å². The van der Waals surface area contributed by atoms with E-state index in [1.54, 1.807) is 4.90 Å². The molecule has 1 aromatic rings. The van der Waals surface area contributed by atoms with Crippen molar-refractivity contribution in [3.8, 4) is 0 Å². The average molecular weight is 338 g/mol. The number of amides is 1. The standard InChI is InChI=1S/C18H21F3N2O/c19-18(20,21)15-6-4-12(5-7-15)17(24)23-10-16(11-23)22-8-13-2-1-3-14(13)9-22/h4-7,13-14,16H,1-3,8-11H2. The summed E-state index contributed by atoms with van der Waals surface area (Å²) < 4.78 is 37.7. The summed E-state index contributed by atoms with van der Waals surface area (Å²) in [6.07, 6.45) is -0.339. The van der Waals surface area contributed by atoms with E-state index in [0.29, 0.717) is 24.7 Å². The normalized spacial score (nSPS) is 28.0. The molecule has 2 unspecified atom stereocenters. The number of carbonyl (C=O) groups is 1. The monoisotopic (exact) mass is 338 g/mol.